The summed E-state index contributed by atoms with van der Waals surface area (Å²) in [7, 11) is -6.10. The lowest BCUT2D eigenvalue weighted by molar-refractivity contribution is 0.893. The maximum atomic E-state index is 5.64. The van der Waals surface area contributed by atoms with Crippen molar-refractivity contribution in [3.8, 4) is 34.4 Å². The molecule has 3 aromatic heterocycles. The molecule has 11 aromatic carbocycles. The molecule has 0 unspecified atom stereocenters. The quantitative estimate of drug-likeness (QED) is 0.143. The first kappa shape index (κ1) is 44.0. The van der Waals surface area contributed by atoms with E-state index in [1.54, 1.807) is 0 Å². The van der Waals surface area contributed by atoms with Gasteiger partial charge in [-0.15, -0.1) is 0 Å². The minimum absolute atomic E-state index is 0.549. The summed E-state index contributed by atoms with van der Waals surface area (Å²) < 4.78 is 4.52. The first-order valence-corrected chi connectivity index (χ1v) is 30.0. The smallest absolute Gasteiger partial charge is 0.240 e. The lowest BCUT2D eigenvalue weighted by atomic mass is 9.99. The number of para-hydroxylation sites is 3. The predicted molar refractivity (Wildman–Crippen MR) is 320 cm³/mol. The summed E-state index contributed by atoms with van der Waals surface area (Å²) in [5.41, 5.74) is 7.20. The summed E-state index contributed by atoms with van der Waals surface area (Å²) >= 11 is 0. The van der Waals surface area contributed by atoms with Gasteiger partial charge < -0.3 is 0 Å². The SMILES string of the molecule is c1ccc(-c2ccccc2-c2nc(-n3c4ccccc4c4ccccc43)nc(-n3c4ccccc4c4ccc([Si]5(c6ccccc6)c6ccccc6[Si](c6ccccc6)(c6ccccc6)c6ccccc65)cc43)n2)cc1. The molecule has 1 aliphatic heterocycles. The Morgan fingerprint density at radius 1 is 0.250 bits per heavy atom. The van der Waals surface area contributed by atoms with E-state index in [1.165, 1.54) is 41.5 Å². The Bertz CT molecular complexity index is 4390. The average Bonchev–Trinajstić information content (AvgIpc) is 4.14. The van der Waals surface area contributed by atoms with Crippen LogP contribution in [0.15, 0.2) is 285 Å². The summed E-state index contributed by atoms with van der Waals surface area (Å²) in [4.78, 5) is 16.8. The number of benzene rings is 11. The van der Waals surface area contributed by atoms with Crippen LogP contribution >= 0.6 is 0 Å². The summed E-state index contributed by atoms with van der Waals surface area (Å²) in [6.07, 6.45) is 0. The van der Waals surface area contributed by atoms with Crippen LogP contribution in [0, 0.1) is 0 Å². The van der Waals surface area contributed by atoms with E-state index in [9.17, 15) is 0 Å². The number of hydrogen-bond acceptors (Lipinski definition) is 3. The van der Waals surface area contributed by atoms with Crippen LogP contribution in [0.5, 0.6) is 0 Å². The fourth-order valence-electron chi connectivity index (χ4n) is 13.0. The van der Waals surface area contributed by atoms with Gasteiger partial charge in [-0.25, -0.2) is 0 Å². The number of nitrogens with zero attached hydrogens (tertiary/aromatic N) is 5. The highest BCUT2D eigenvalue weighted by Gasteiger charge is 2.56. The van der Waals surface area contributed by atoms with E-state index >= 15 is 0 Å². The zero-order valence-electron chi connectivity index (χ0n) is 41.4. The summed E-state index contributed by atoms with van der Waals surface area (Å²) in [6, 6.07) is 105. The van der Waals surface area contributed by atoms with Gasteiger partial charge in [0.05, 0.1) is 22.1 Å². The number of rotatable bonds is 8. The topological polar surface area (TPSA) is 48.5 Å². The van der Waals surface area contributed by atoms with Gasteiger partial charge in [-0.3, -0.25) is 9.13 Å². The van der Waals surface area contributed by atoms with Gasteiger partial charge in [-0.1, -0.05) is 261 Å². The van der Waals surface area contributed by atoms with E-state index in [-0.39, 0.29) is 0 Å². The van der Waals surface area contributed by atoms with Crippen LogP contribution in [0.1, 0.15) is 0 Å². The molecule has 15 rings (SSSR count). The highest BCUT2D eigenvalue weighted by Crippen LogP contribution is 2.36. The second kappa shape index (κ2) is 17.6. The van der Waals surface area contributed by atoms with Crippen molar-refractivity contribution in [2.24, 2.45) is 0 Å². The minimum atomic E-state index is -3.18. The monoisotopic (exact) mass is 1000 g/mol. The van der Waals surface area contributed by atoms with Crippen LogP contribution in [0.3, 0.4) is 0 Å². The highest BCUT2D eigenvalue weighted by atomic mass is 28.3. The van der Waals surface area contributed by atoms with E-state index < -0.39 is 16.1 Å². The van der Waals surface area contributed by atoms with Crippen LogP contribution in [-0.4, -0.2) is 40.2 Å². The van der Waals surface area contributed by atoms with Gasteiger partial charge in [-0.2, -0.15) is 15.0 Å². The minimum Gasteiger partial charge on any atom is -0.278 e. The standard InChI is InChI=1S/C69H47N5Si2/c1-5-25-48(26-6-1)53-33-13-14-37-58(53)67-70-68(73-59-38-18-15-34-54(59)55-35-16-19-39-60(55)73)72-69(71-67)74-61-40-20-17-36-56(61)57-46-45-52(47-62(57)74)76(51-31-11-4-12-32-51)65-43-23-21-41-63(65)75(49-27-7-2-8-28-49,50-29-9-3-10-30-50)64-42-22-24-44-66(64)76/h1-47H. The van der Waals surface area contributed by atoms with E-state index in [0.29, 0.717) is 17.7 Å². The molecular formula is C69H47N5Si2. The molecule has 4 heterocycles. The van der Waals surface area contributed by atoms with Crippen molar-refractivity contribution >= 4 is 101 Å². The largest absolute Gasteiger partial charge is 0.278 e. The maximum Gasteiger partial charge on any atom is 0.240 e. The van der Waals surface area contributed by atoms with E-state index in [2.05, 4.69) is 294 Å². The summed E-state index contributed by atoms with van der Waals surface area (Å²) in [5, 5.41) is 15.7. The van der Waals surface area contributed by atoms with Crippen molar-refractivity contribution in [1.29, 1.82) is 0 Å². The second-order valence-electron chi connectivity index (χ2n) is 19.8. The molecule has 76 heavy (non-hydrogen) atoms. The molecule has 0 amide bonds. The lowest BCUT2D eigenvalue weighted by Crippen LogP contribution is -2.93. The predicted octanol–water partition coefficient (Wildman–Crippen LogP) is 10.5. The Balaban J connectivity index is 1.06. The molecule has 7 heteroatoms. The van der Waals surface area contributed by atoms with Crippen molar-refractivity contribution in [2.75, 3.05) is 0 Å². The molecule has 0 aliphatic carbocycles. The molecule has 0 bridgehead atoms. The first-order chi connectivity index (χ1) is 37.7. The molecule has 5 nitrogen and oxygen atoms in total. The Labute approximate surface area is 442 Å². The number of aromatic nitrogens is 5. The molecule has 0 saturated heterocycles. The Morgan fingerprint density at radius 3 is 1.05 bits per heavy atom. The van der Waals surface area contributed by atoms with Crippen LogP contribution < -0.4 is 41.5 Å². The van der Waals surface area contributed by atoms with Gasteiger partial charge in [0.2, 0.25) is 11.9 Å². The Kier molecular flexibility index (Phi) is 10.2. The third-order valence-corrected chi connectivity index (χ3v) is 26.3. The van der Waals surface area contributed by atoms with Crippen LogP contribution in [0.2, 0.25) is 0 Å². The zero-order chi connectivity index (χ0) is 50.2. The average molecular weight is 1000 g/mol. The van der Waals surface area contributed by atoms with Crippen LogP contribution in [0.4, 0.5) is 0 Å². The molecule has 1 aliphatic rings. The van der Waals surface area contributed by atoms with Gasteiger partial charge in [0.25, 0.3) is 0 Å². The highest BCUT2D eigenvalue weighted by molar-refractivity contribution is 7.33. The third-order valence-electron chi connectivity index (χ3n) is 16.0. The van der Waals surface area contributed by atoms with Crippen molar-refractivity contribution in [3.63, 3.8) is 0 Å². The zero-order valence-corrected chi connectivity index (χ0v) is 43.4. The normalized spacial score (nSPS) is 13.5. The lowest BCUT2D eigenvalue weighted by Gasteiger charge is -2.48. The molecule has 14 aromatic rings. The third kappa shape index (κ3) is 6.40. The fourth-order valence-corrected chi connectivity index (χ4v) is 25.1. The first-order valence-electron chi connectivity index (χ1n) is 26.0. The number of hydrogen-bond donors (Lipinski definition) is 0. The molecule has 0 N–H and O–H groups in total. The van der Waals surface area contributed by atoms with Crippen molar-refractivity contribution in [2.45, 2.75) is 0 Å². The van der Waals surface area contributed by atoms with E-state index in [0.717, 1.165) is 60.3 Å². The van der Waals surface area contributed by atoms with E-state index in [1.807, 2.05) is 0 Å². The summed E-state index contributed by atoms with van der Waals surface area (Å²) in [5.74, 6) is 1.69. The molecule has 0 spiro atoms. The fraction of sp³-hybridized carbons (Fsp3) is 0. The molecule has 0 saturated carbocycles. The Hall–Kier alpha value is -9.54. The summed E-state index contributed by atoms with van der Waals surface area (Å²) in [6.45, 7) is 0. The molecule has 0 fully saturated rings. The van der Waals surface area contributed by atoms with Crippen molar-refractivity contribution < 1.29 is 0 Å². The number of fused-ring (bicyclic) bond motifs is 8. The van der Waals surface area contributed by atoms with Gasteiger partial charge in [0.1, 0.15) is 0 Å². The van der Waals surface area contributed by atoms with Crippen molar-refractivity contribution in [1.82, 2.24) is 24.1 Å². The van der Waals surface area contributed by atoms with Gasteiger partial charge in [0, 0.05) is 27.1 Å². The molecule has 0 atom stereocenters. The van der Waals surface area contributed by atoms with Crippen LogP contribution in [0.25, 0.3) is 78.0 Å². The van der Waals surface area contributed by atoms with Crippen LogP contribution in [-0.2, 0) is 0 Å². The Morgan fingerprint density at radius 2 is 0.592 bits per heavy atom. The molecule has 356 valence electrons. The van der Waals surface area contributed by atoms with Crippen molar-refractivity contribution in [3.05, 3.63) is 285 Å². The van der Waals surface area contributed by atoms with Gasteiger partial charge >= 0.3 is 0 Å². The molecular weight excluding hydrogens is 955 g/mol. The van der Waals surface area contributed by atoms with Gasteiger partial charge in [0.15, 0.2) is 22.0 Å². The van der Waals surface area contributed by atoms with Gasteiger partial charge in [-0.05, 0) is 76.9 Å². The maximum absolute atomic E-state index is 5.64. The van der Waals surface area contributed by atoms with E-state index in [4.69, 9.17) is 15.0 Å². The molecule has 0 radical (unpaired) electrons. The second-order valence-corrected chi connectivity index (χ2v) is 27.3.